The van der Waals surface area contributed by atoms with E-state index in [1.807, 2.05) is 27.9 Å². The molecule has 2 saturated heterocycles. The molecule has 3 aliphatic heterocycles. The number of hydrogen-bond donors (Lipinski definition) is 2. The molecule has 3 aliphatic rings. The Kier molecular flexibility index (Phi) is 5.11. The first-order valence-corrected chi connectivity index (χ1v) is 11.7. The first-order chi connectivity index (χ1) is 16.1. The lowest BCUT2D eigenvalue weighted by Crippen LogP contribution is -2.48. The SMILES string of the molecule is CN1CCN(C(=O)Cn2cc(Nc3nc4c(C5=CC6CCC(C5)N6)cccn4n3)cn2)CC1. The number of likely N-dealkylation sites (N-methyl/N-ethyl adjacent to an activating group) is 1. The Morgan fingerprint density at radius 1 is 1.24 bits per heavy atom. The van der Waals surface area contributed by atoms with Crippen LogP contribution in [-0.4, -0.2) is 85.4 Å². The van der Waals surface area contributed by atoms with E-state index in [1.165, 1.54) is 18.4 Å². The van der Waals surface area contributed by atoms with Crippen LogP contribution < -0.4 is 10.6 Å². The fourth-order valence-electron chi connectivity index (χ4n) is 5.07. The predicted molar refractivity (Wildman–Crippen MR) is 125 cm³/mol. The second-order valence-corrected chi connectivity index (χ2v) is 9.30. The van der Waals surface area contributed by atoms with Gasteiger partial charge in [-0.25, -0.2) is 4.52 Å². The average Bonchev–Trinajstić information content (AvgIpc) is 3.52. The second-order valence-electron chi connectivity index (χ2n) is 9.30. The van der Waals surface area contributed by atoms with Crippen LogP contribution in [0, 0.1) is 0 Å². The maximum Gasteiger partial charge on any atom is 0.247 e. The summed E-state index contributed by atoms with van der Waals surface area (Å²) < 4.78 is 3.49. The van der Waals surface area contributed by atoms with Crippen molar-refractivity contribution in [1.29, 1.82) is 0 Å². The Morgan fingerprint density at radius 3 is 2.97 bits per heavy atom. The van der Waals surface area contributed by atoms with Gasteiger partial charge in [-0.15, -0.1) is 5.10 Å². The van der Waals surface area contributed by atoms with Crippen LogP contribution in [0.25, 0.3) is 11.2 Å². The quantitative estimate of drug-likeness (QED) is 0.610. The molecule has 10 heteroatoms. The Hall–Kier alpha value is -3.24. The van der Waals surface area contributed by atoms with Crippen molar-refractivity contribution in [2.75, 3.05) is 38.5 Å². The predicted octanol–water partition coefficient (Wildman–Crippen LogP) is 1.35. The van der Waals surface area contributed by atoms with Crippen LogP contribution in [0.5, 0.6) is 0 Å². The van der Waals surface area contributed by atoms with Gasteiger partial charge in [-0.05, 0) is 44.0 Å². The molecule has 1 amide bonds. The number of pyridine rings is 1. The summed E-state index contributed by atoms with van der Waals surface area (Å²) in [6.07, 6.45) is 11.3. The van der Waals surface area contributed by atoms with Gasteiger partial charge in [-0.3, -0.25) is 9.48 Å². The molecule has 6 rings (SSSR count). The van der Waals surface area contributed by atoms with Gasteiger partial charge < -0.3 is 20.4 Å². The highest BCUT2D eigenvalue weighted by molar-refractivity contribution is 5.78. The lowest BCUT2D eigenvalue weighted by Gasteiger charge is -2.32. The molecule has 0 saturated carbocycles. The van der Waals surface area contributed by atoms with Crippen LogP contribution in [0.2, 0.25) is 0 Å². The zero-order chi connectivity index (χ0) is 22.4. The number of anilines is 2. The van der Waals surface area contributed by atoms with Crippen molar-refractivity contribution in [3.05, 3.63) is 42.4 Å². The van der Waals surface area contributed by atoms with Crippen LogP contribution in [0.1, 0.15) is 24.8 Å². The standard InChI is InChI=1S/C23H29N9O/c1-29-7-9-30(10-8-29)21(33)15-31-14-19(13-24-31)26-23-27-22-20(3-2-6-32(22)28-23)16-11-17-4-5-18(12-16)25-17/h2-3,6,11,13-14,17-18,25H,4-5,7-10,12,15H2,1H3,(H,26,28). The van der Waals surface area contributed by atoms with Crippen LogP contribution in [0.3, 0.4) is 0 Å². The third kappa shape index (κ3) is 4.11. The lowest BCUT2D eigenvalue weighted by molar-refractivity contribution is -0.133. The van der Waals surface area contributed by atoms with E-state index < -0.39 is 0 Å². The third-order valence-corrected chi connectivity index (χ3v) is 6.90. The van der Waals surface area contributed by atoms with Gasteiger partial charge in [0.25, 0.3) is 0 Å². The number of fused-ring (bicyclic) bond motifs is 3. The molecule has 2 atom stereocenters. The van der Waals surface area contributed by atoms with Crippen molar-refractivity contribution in [2.45, 2.75) is 37.9 Å². The topological polar surface area (TPSA) is 95.6 Å². The van der Waals surface area contributed by atoms with Crippen molar-refractivity contribution >= 4 is 28.8 Å². The molecule has 2 fully saturated rings. The molecule has 0 radical (unpaired) electrons. The molecule has 172 valence electrons. The second kappa shape index (κ2) is 8.27. The van der Waals surface area contributed by atoms with Crippen LogP contribution >= 0.6 is 0 Å². The summed E-state index contributed by atoms with van der Waals surface area (Å²) in [4.78, 5) is 21.5. The number of piperazine rings is 1. The van der Waals surface area contributed by atoms with Crippen LogP contribution in [-0.2, 0) is 11.3 Å². The monoisotopic (exact) mass is 447 g/mol. The summed E-state index contributed by atoms with van der Waals surface area (Å²) in [5, 5.41) is 15.8. The van der Waals surface area contributed by atoms with Gasteiger partial charge in [0, 0.05) is 56.2 Å². The summed E-state index contributed by atoms with van der Waals surface area (Å²) in [6.45, 7) is 3.59. The van der Waals surface area contributed by atoms with Gasteiger partial charge in [0.1, 0.15) is 6.54 Å². The molecule has 3 aromatic rings. The summed E-state index contributed by atoms with van der Waals surface area (Å²) in [6, 6.07) is 5.19. The van der Waals surface area contributed by atoms with Gasteiger partial charge >= 0.3 is 0 Å². The minimum absolute atomic E-state index is 0.0949. The molecule has 0 aromatic carbocycles. The number of carbonyl (C=O) groups is 1. The van der Waals surface area contributed by atoms with Crippen molar-refractivity contribution < 1.29 is 4.79 Å². The van der Waals surface area contributed by atoms with Gasteiger partial charge in [-0.2, -0.15) is 10.1 Å². The van der Waals surface area contributed by atoms with Gasteiger partial charge in [0.15, 0.2) is 5.65 Å². The Bertz CT molecular complexity index is 1200. The summed E-state index contributed by atoms with van der Waals surface area (Å²) >= 11 is 0. The van der Waals surface area contributed by atoms with Gasteiger partial charge in [0.2, 0.25) is 11.9 Å². The van der Waals surface area contributed by atoms with Gasteiger partial charge in [0.05, 0.1) is 11.9 Å². The van der Waals surface area contributed by atoms with E-state index in [2.05, 4.69) is 44.9 Å². The fourth-order valence-corrected chi connectivity index (χ4v) is 5.07. The Morgan fingerprint density at radius 2 is 2.12 bits per heavy atom. The molecule has 0 spiro atoms. The average molecular weight is 448 g/mol. The summed E-state index contributed by atoms with van der Waals surface area (Å²) in [5.74, 6) is 0.613. The molecule has 2 unspecified atom stereocenters. The molecule has 33 heavy (non-hydrogen) atoms. The number of rotatable bonds is 5. The first kappa shape index (κ1) is 20.4. The van der Waals surface area contributed by atoms with E-state index in [-0.39, 0.29) is 12.5 Å². The van der Waals surface area contributed by atoms with Gasteiger partial charge in [-0.1, -0.05) is 6.08 Å². The van der Waals surface area contributed by atoms with E-state index in [9.17, 15) is 4.79 Å². The number of nitrogens with one attached hydrogen (secondary N) is 2. The van der Waals surface area contributed by atoms with Crippen molar-refractivity contribution in [3.8, 4) is 0 Å². The summed E-state index contributed by atoms with van der Waals surface area (Å²) in [5.41, 5.74) is 4.11. The number of hydrogen-bond acceptors (Lipinski definition) is 7. The number of aromatic nitrogens is 5. The lowest BCUT2D eigenvalue weighted by atomic mass is 9.97. The zero-order valence-corrected chi connectivity index (χ0v) is 18.8. The molecule has 6 heterocycles. The Labute approximate surface area is 192 Å². The van der Waals surface area contributed by atoms with Crippen molar-refractivity contribution in [3.63, 3.8) is 0 Å². The summed E-state index contributed by atoms with van der Waals surface area (Å²) in [7, 11) is 2.08. The highest BCUT2D eigenvalue weighted by atomic mass is 16.2. The maximum atomic E-state index is 12.6. The smallest absolute Gasteiger partial charge is 0.247 e. The van der Waals surface area contributed by atoms with E-state index in [4.69, 9.17) is 4.98 Å². The Balaban J connectivity index is 1.16. The van der Waals surface area contributed by atoms with Crippen LogP contribution in [0.15, 0.2) is 36.8 Å². The van der Waals surface area contributed by atoms with E-state index in [0.717, 1.165) is 49.5 Å². The molecule has 3 aromatic heterocycles. The third-order valence-electron chi connectivity index (χ3n) is 6.90. The van der Waals surface area contributed by atoms with E-state index >= 15 is 0 Å². The van der Waals surface area contributed by atoms with Crippen LogP contribution in [0.4, 0.5) is 11.6 Å². The molecule has 0 aliphatic carbocycles. The zero-order valence-electron chi connectivity index (χ0n) is 18.8. The highest BCUT2D eigenvalue weighted by Gasteiger charge is 2.29. The minimum Gasteiger partial charge on any atom is -0.339 e. The molecule has 10 nitrogen and oxygen atoms in total. The largest absolute Gasteiger partial charge is 0.339 e. The van der Waals surface area contributed by atoms with E-state index in [0.29, 0.717) is 18.0 Å². The fraction of sp³-hybridized carbons (Fsp3) is 0.478. The number of carbonyl (C=O) groups excluding carboxylic acids is 1. The normalized spacial score (nSPS) is 23.2. The molecule has 2 N–H and O–H groups in total. The maximum absolute atomic E-state index is 12.6. The van der Waals surface area contributed by atoms with Crippen molar-refractivity contribution in [2.24, 2.45) is 0 Å². The molecular formula is C23H29N9O. The first-order valence-electron chi connectivity index (χ1n) is 11.7. The number of nitrogens with zero attached hydrogens (tertiary/aromatic N) is 7. The van der Waals surface area contributed by atoms with Crippen molar-refractivity contribution in [1.82, 2.24) is 39.5 Å². The highest BCUT2D eigenvalue weighted by Crippen LogP contribution is 2.33. The van der Waals surface area contributed by atoms with E-state index in [1.54, 1.807) is 10.9 Å². The number of amides is 1. The molecule has 2 bridgehead atoms. The molecular weight excluding hydrogens is 418 g/mol. The minimum atomic E-state index is 0.0949.